The first-order valence-electron chi connectivity index (χ1n) is 11.8. The third kappa shape index (κ3) is 7.13. The van der Waals surface area contributed by atoms with Gasteiger partial charge in [0.15, 0.2) is 5.96 Å². The lowest BCUT2D eigenvalue weighted by atomic mass is 9.99. The normalized spacial score (nSPS) is 19.8. The lowest BCUT2D eigenvalue weighted by molar-refractivity contribution is 0.191. The molecule has 0 aromatic carbocycles. The summed E-state index contributed by atoms with van der Waals surface area (Å²) < 4.78 is 0. The van der Waals surface area contributed by atoms with Gasteiger partial charge in [0.05, 0.1) is 6.54 Å². The fourth-order valence-corrected chi connectivity index (χ4v) is 4.16. The number of hydrogen-bond donors (Lipinski definition) is 2. The van der Waals surface area contributed by atoms with Crippen LogP contribution in [0.5, 0.6) is 0 Å². The van der Waals surface area contributed by atoms with E-state index in [2.05, 4.69) is 57.3 Å². The van der Waals surface area contributed by atoms with Gasteiger partial charge in [-0.2, -0.15) is 0 Å². The molecule has 7 heteroatoms. The highest BCUT2D eigenvalue weighted by Crippen LogP contribution is 2.19. The molecule has 1 aromatic rings. The van der Waals surface area contributed by atoms with Gasteiger partial charge in [0.1, 0.15) is 5.82 Å². The van der Waals surface area contributed by atoms with Crippen molar-refractivity contribution in [3.63, 3.8) is 0 Å². The molecule has 30 heavy (non-hydrogen) atoms. The molecule has 0 amide bonds. The van der Waals surface area contributed by atoms with E-state index < -0.39 is 0 Å². The van der Waals surface area contributed by atoms with Gasteiger partial charge in [0.2, 0.25) is 0 Å². The third-order valence-electron chi connectivity index (χ3n) is 6.24. The zero-order valence-electron chi connectivity index (χ0n) is 19.2. The van der Waals surface area contributed by atoms with Crippen molar-refractivity contribution in [3.8, 4) is 0 Å². The number of pyridine rings is 1. The lowest BCUT2D eigenvalue weighted by Gasteiger charge is -2.34. The molecule has 0 saturated carbocycles. The van der Waals surface area contributed by atoms with Gasteiger partial charge in [-0.25, -0.2) is 9.98 Å². The molecule has 0 bridgehead atoms. The topological polar surface area (TPSA) is 59.0 Å². The number of anilines is 1. The largest absolute Gasteiger partial charge is 0.357 e. The minimum absolute atomic E-state index is 0.648. The molecule has 0 atom stereocenters. The molecule has 3 rings (SSSR count). The smallest absolute Gasteiger partial charge is 0.191 e. The van der Waals surface area contributed by atoms with Gasteiger partial charge in [-0.3, -0.25) is 0 Å². The molecular weight excluding hydrogens is 374 g/mol. The molecule has 0 spiro atoms. The molecule has 2 fully saturated rings. The summed E-state index contributed by atoms with van der Waals surface area (Å²) in [6.45, 7) is 14.9. The SMILES string of the molecule is CCNC(=NCc1cccnc1N1CCN(C)CC1)NCCCN1CCC(C)CC1. The Bertz CT molecular complexity index is 647. The highest BCUT2D eigenvalue weighted by molar-refractivity contribution is 5.79. The lowest BCUT2D eigenvalue weighted by Crippen LogP contribution is -2.45. The third-order valence-corrected chi connectivity index (χ3v) is 6.24. The van der Waals surface area contributed by atoms with E-state index in [4.69, 9.17) is 4.99 Å². The zero-order valence-corrected chi connectivity index (χ0v) is 19.2. The predicted octanol–water partition coefficient (Wildman–Crippen LogP) is 2.01. The zero-order chi connectivity index (χ0) is 21.2. The summed E-state index contributed by atoms with van der Waals surface area (Å²) in [7, 11) is 2.18. The standard InChI is InChI=1S/C23H41N7/c1-4-24-23(26-11-6-12-29-13-8-20(2)9-14-29)27-19-21-7-5-10-25-22(21)30-17-15-28(3)16-18-30/h5,7,10,20H,4,6,8-9,11-19H2,1-3H3,(H2,24,26,27). The minimum Gasteiger partial charge on any atom is -0.357 e. The number of likely N-dealkylation sites (tertiary alicyclic amines) is 1. The molecule has 0 aliphatic carbocycles. The summed E-state index contributed by atoms with van der Waals surface area (Å²) in [6, 6.07) is 4.18. The Morgan fingerprint density at radius 1 is 1.13 bits per heavy atom. The van der Waals surface area contributed by atoms with Gasteiger partial charge < -0.3 is 25.3 Å². The van der Waals surface area contributed by atoms with Gasteiger partial charge in [0.25, 0.3) is 0 Å². The molecule has 7 nitrogen and oxygen atoms in total. The van der Waals surface area contributed by atoms with Crippen LogP contribution in [0, 0.1) is 5.92 Å². The minimum atomic E-state index is 0.648. The summed E-state index contributed by atoms with van der Waals surface area (Å²) in [5.74, 6) is 2.89. The van der Waals surface area contributed by atoms with Crippen LogP contribution in [0.1, 0.15) is 38.7 Å². The first-order chi connectivity index (χ1) is 14.7. The van der Waals surface area contributed by atoms with Crippen molar-refractivity contribution in [3.05, 3.63) is 23.9 Å². The van der Waals surface area contributed by atoms with Crippen LogP contribution in [0.15, 0.2) is 23.3 Å². The van der Waals surface area contributed by atoms with Crippen molar-refractivity contribution in [2.24, 2.45) is 10.9 Å². The number of piperazine rings is 1. The van der Waals surface area contributed by atoms with Gasteiger partial charge >= 0.3 is 0 Å². The van der Waals surface area contributed by atoms with Crippen LogP contribution in [0.4, 0.5) is 5.82 Å². The fraction of sp³-hybridized carbons (Fsp3) is 0.739. The first kappa shape index (κ1) is 22.8. The molecule has 0 unspecified atom stereocenters. The van der Waals surface area contributed by atoms with Crippen LogP contribution < -0.4 is 15.5 Å². The number of nitrogens with zero attached hydrogens (tertiary/aromatic N) is 5. The van der Waals surface area contributed by atoms with Crippen molar-refractivity contribution in [1.29, 1.82) is 0 Å². The Kier molecular flexibility index (Phi) is 9.21. The number of aliphatic imine (C=N–C) groups is 1. The van der Waals surface area contributed by atoms with Gasteiger partial charge in [-0.15, -0.1) is 0 Å². The van der Waals surface area contributed by atoms with Gasteiger partial charge in [-0.1, -0.05) is 13.0 Å². The molecule has 2 aliphatic rings. The quantitative estimate of drug-likeness (QED) is 0.385. The molecule has 3 heterocycles. The van der Waals surface area contributed by atoms with Crippen molar-refractivity contribution in [2.75, 3.05) is 70.9 Å². The molecule has 1 aromatic heterocycles. The molecule has 2 aliphatic heterocycles. The second-order valence-corrected chi connectivity index (χ2v) is 8.78. The van der Waals surface area contributed by atoms with Crippen LogP contribution in [-0.4, -0.2) is 86.7 Å². The number of hydrogen-bond acceptors (Lipinski definition) is 5. The van der Waals surface area contributed by atoms with Crippen molar-refractivity contribution in [2.45, 2.75) is 39.7 Å². The second-order valence-electron chi connectivity index (χ2n) is 8.78. The van der Waals surface area contributed by atoms with E-state index >= 15 is 0 Å². The maximum Gasteiger partial charge on any atom is 0.191 e. The molecule has 2 saturated heterocycles. The van der Waals surface area contributed by atoms with Crippen molar-refractivity contribution < 1.29 is 0 Å². The van der Waals surface area contributed by atoms with Gasteiger partial charge in [0, 0.05) is 51.0 Å². The predicted molar refractivity (Wildman–Crippen MR) is 126 cm³/mol. The Morgan fingerprint density at radius 3 is 2.63 bits per heavy atom. The van der Waals surface area contributed by atoms with E-state index in [1.165, 1.54) is 38.0 Å². The summed E-state index contributed by atoms with van der Waals surface area (Å²) >= 11 is 0. The maximum atomic E-state index is 4.85. The monoisotopic (exact) mass is 415 g/mol. The average Bonchev–Trinajstić information content (AvgIpc) is 2.77. The van der Waals surface area contributed by atoms with E-state index in [0.717, 1.165) is 63.4 Å². The number of rotatable bonds is 8. The highest BCUT2D eigenvalue weighted by atomic mass is 15.3. The molecule has 2 N–H and O–H groups in total. The van der Waals surface area contributed by atoms with Crippen LogP contribution >= 0.6 is 0 Å². The fourth-order valence-electron chi connectivity index (χ4n) is 4.16. The van der Waals surface area contributed by atoms with E-state index in [-0.39, 0.29) is 0 Å². The average molecular weight is 416 g/mol. The van der Waals surface area contributed by atoms with Crippen LogP contribution in [0.2, 0.25) is 0 Å². The number of likely N-dealkylation sites (N-methyl/N-ethyl adjacent to an activating group) is 1. The Balaban J connectivity index is 1.49. The van der Waals surface area contributed by atoms with E-state index in [9.17, 15) is 0 Å². The van der Waals surface area contributed by atoms with Crippen molar-refractivity contribution >= 4 is 11.8 Å². The Labute approximate surface area is 182 Å². The Hall–Kier alpha value is -1.86. The van der Waals surface area contributed by atoms with E-state index in [0.29, 0.717) is 6.54 Å². The molecule has 0 radical (unpaired) electrons. The van der Waals surface area contributed by atoms with E-state index in [1.54, 1.807) is 0 Å². The first-order valence-corrected chi connectivity index (χ1v) is 11.8. The van der Waals surface area contributed by atoms with E-state index in [1.807, 2.05) is 12.3 Å². The highest BCUT2D eigenvalue weighted by Gasteiger charge is 2.18. The van der Waals surface area contributed by atoms with Crippen LogP contribution in [-0.2, 0) is 6.54 Å². The molecule has 168 valence electrons. The number of aromatic nitrogens is 1. The Morgan fingerprint density at radius 2 is 1.90 bits per heavy atom. The number of guanidine groups is 1. The van der Waals surface area contributed by atoms with Crippen LogP contribution in [0.25, 0.3) is 0 Å². The summed E-state index contributed by atoms with van der Waals surface area (Å²) in [5.41, 5.74) is 1.20. The summed E-state index contributed by atoms with van der Waals surface area (Å²) in [5, 5.41) is 6.90. The van der Waals surface area contributed by atoms with Crippen molar-refractivity contribution in [1.82, 2.24) is 25.4 Å². The molecular formula is C23H41N7. The maximum absolute atomic E-state index is 4.85. The van der Waals surface area contributed by atoms with Gasteiger partial charge in [-0.05, 0) is 64.9 Å². The second kappa shape index (κ2) is 12.1. The van der Waals surface area contributed by atoms with Crippen LogP contribution in [0.3, 0.4) is 0 Å². The number of nitrogens with one attached hydrogen (secondary N) is 2. The summed E-state index contributed by atoms with van der Waals surface area (Å²) in [4.78, 5) is 16.9. The number of piperidine rings is 1. The summed E-state index contributed by atoms with van der Waals surface area (Å²) in [6.07, 6.45) is 5.74.